The second-order valence-electron chi connectivity index (χ2n) is 8.01. The first kappa shape index (κ1) is 19.2. The fourth-order valence-corrected chi connectivity index (χ4v) is 5.35. The molecule has 2 aromatic carbocycles. The molecule has 2 aromatic rings. The lowest BCUT2D eigenvalue weighted by atomic mass is 9.78. The van der Waals surface area contributed by atoms with Crippen molar-refractivity contribution in [1.29, 1.82) is 0 Å². The molecule has 0 radical (unpaired) electrons. The van der Waals surface area contributed by atoms with Gasteiger partial charge in [0.15, 0.2) is 5.17 Å². The van der Waals surface area contributed by atoms with Crippen molar-refractivity contribution in [2.45, 2.75) is 25.8 Å². The Morgan fingerprint density at radius 3 is 2.40 bits per heavy atom. The van der Waals surface area contributed by atoms with Gasteiger partial charge in [-0.2, -0.15) is 0 Å². The topological polar surface area (TPSA) is 32.7 Å². The van der Waals surface area contributed by atoms with Crippen molar-refractivity contribution in [1.82, 2.24) is 4.90 Å². The summed E-state index contributed by atoms with van der Waals surface area (Å²) in [6.45, 7) is 2.18. The average molecular weight is 423 g/mol. The van der Waals surface area contributed by atoms with Crippen molar-refractivity contribution in [2.24, 2.45) is 10.9 Å². The Bertz CT molecular complexity index is 1100. The van der Waals surface area contributed by atoms with Crippen molar-refractivity contribution in [3.05, 3.63) is 88.1 Å². The summed E-state index contributed by atoms with van der Waals surface area (Å²) in [7, 11) is 0. The van der Waals surface area contributed by atoms with Crippen molar-refractivity contribution in [3.8, 4) is 0 Å². The Morgan fingerprint density at radius 1 is 1.03 bits per heavy atom. The molecule has 2 atom stereocenters. The van der Waals surface area contributed by atoms with E-state index in [1.165, 1.54) is 36.0 Å². The summed E-state index contributed by atoms with van der Waals surface area (Å²) in [5.74, 6) is 0.208. The molecule has 6 heteroatoms. The highest BCUT2D eigenvalue weighted by Crippen LogP contribution is 2.48. The lowest BCUT2D eigenvalue weighted by Crippen LogP contribution is -2.39. The van der Waals surface area contributed by atoms with Gasteiger partial charge in [-0.1, -0.05) is 43.0 Å². The van der Waals surface area contributed by atoms with E-state index in [0.29, 0.717) is 16.8 Å². The molecule has 0 spiro atoms. The van der Waals surface area contributed by atoms with E-state index in [-0.39, 0.29) is 23.6 Å². The molecule has 3 nitrogen and oxygen atoms in total. The van der Waals surface area contributed by atoms with Crippen LogP contribution in [-0.4, -0.2) is 21.7 Å². The van der Waals surface area contributed by atoms with E-state index in [9.17, 15) is 13.6 Å². The smallest absolute Gasteiger partial charge is 0.239 e. The minimum absolute atomic E-state index is 0.0296. The van der Waals surface area contributed by atoms with Crippen LogP contribution in [-0.2, 0) is 4.79 Å². The van der Waals surface area contributed by atoms with Gasteiger partial charge in [0.2, 0.25) is 5.91 Å². The second kappa shape index (κ2) is 7.51. The zero-order valence-corrected chi connectivity index (χ0v) is 17.3. The van der Waals surface area contributed by atoms with Gasteiger partial charge in [0.05, 0.1) is 17.5 Å². The zero-order chi connectivity index (χ0) is 20.8. The minimum Gasteiger partial charge on any atom is -0.279 e. The molecule has 1 saturated heterocycles. The third-order valence-corrected chi connectivity index (χ3v) is 6.67. The number of thioether (sulfide) groups is 1. The van der Waals surface area contributed by atoms with Gasteiger partial charge >= 0.3 is 0 Å². The predicted molar refractivity (Wildman–Crippen MR) is 116 cm³/mol. The number of carbonyl (C=O) groups is 1. The fraction of sp³-hybridized carbons (Fsp3) is 0.250. The normalized spacial score (nSPS) is 24.8. The summed E-state index contributed by atoms with van der Waals surface area (Å²) in [4.78, 5) is 19.4. The molecular formula is C24H20F2N2OS. The number of benzene rings is 2. The van der Waals surface area contributed by atoms with Crippen molar-refractivity contribution in [3.63, 3.8) is 0 Å². The van der Waals surface area contributed by atoms with E-state index in [1.807, 2.05) is 0 Å². The van der Waals surface area contributed by atoms with Crippen LogP contribution in [0, 0.1) is 17.6 Å². The lowest BCUT2D eigenvalue weighted by molar-refractivity contribution is -0.125. The number of nitrogens with zero attached hydrogens (tertiary/aromatic N) is 2. The molecule has 0 N–H and O–H groups in total. The fourth-order valence-electron chi connectivity index (χ4n) is 4.45. The van der Waals surface area contributed by atoms with Gasteiger partial charge in [-0.05, 0) is 71.4 Å². The standard InChI is InChI=1S/C24H20F2N2OS/c1-14-10-17(12-15-2-6-18(25)7-3-15)22-20(11-14)23(16-4-8-19(26)9-5-16)28-21(29)13-30-24(28)27-22/h2-9,12,14,23H,10-11,13H2,1H3. The molecule has 1 amide bonds. The highest BCUT2D eigenvalue weighted by atomic mass is 32.2. The molecule has 0 aromatic heterocycles. The van der Waals surface area contributed by atoms with Crippen LogP contribution >= 0.6 is 11.8 Å². The molecule has 0 bridgehead atoms. The quantitative estimate of drug-likeness (QED) is 0.620. The number of allylic oxidation sites excluding steroid dienone is 1. The SMILES string of the molecule is CC1CC(=Cc2ccc(F)cc2)C2=C(C1)C(c1ccc(F)cc1)N1C(=O)CSC1=N2. The number of halogens is 2. The van der Waals surface area contributed by atoms with Gasteiger partial charge in [-0.3, -0.25) is 9.69 Å². The molecule has 1 aliphatic carbocycles. The van der Waals surface area contributed by atoms with E-state index in [2.05, 4.69) is 13.0 Å². The van der Waals surface area contributed by atoms with Crippen LogP contribution in [0.1, 0.15) is 36.9 Å². The molecule has 30 heavy (non-hydrogen) atoms. The van der Waals surface area contributed by atoms with E-state index in [0.717, 1.165) is 40.8 Å². The number of aliphatic imine (C=N–C) groups is 1. The van der Waals surface area contributed by atoms with Crippen LogP contribution in [0.4, 0.5) is 8.78 Å². The first-order valence-electron chi connectivity index (χ1n) is 9.98. The van der Waals surface area contributed by atoms with Crippen LogP contribution < -0.4 is 0 Å². The van der Waals surface area contributed by atoms with Gasteiger partial charge in [-0.25, -0.2) is 13.8 Å². The average Bonchev–Trinajstić information content (AvgIpc) is 3.10. The summed E-state index contributed by atoms with van der Waals surface area (Å²) >= 11 is 1.44. The number of amidine groups is 1. The molecule has 1 fully saturated rings. The van der Waals surface area contributed by atoms with Gasteiger partial charge in [0, 0.05) is 0 Å². The molecule has 3 aliphatic rings. The van der Waals surface area contributed by atoms with Gasteiger partial charge in [-0.15, -0.1) is 0 Å². The minimum atomic E-state index is -0.298. The Kier molecular flexibility index (Phi) is 4.82. The maximum Gasteiger partial charge on any atom is 0.239 e. The number of rotatable bonds is 2. The van der Waals surface area contributed by atoms with E-state index < -0.39 is 0 Å². The van der Waals surface area contributed by atoms with Crippen LogP contribution in [0.2, 0.25) is 0 Å². The molecule has 2 heterocycles. The van der Waals surface area contributed by atoms with Crippen LogP contribution in [0.15, 0.2) is 70.4 Å². The summed E-state index contributed by atoms with van der Waals surface area (Å²) in [5.41, 5.74) is 4.91. The summed E-state index contributed by atoms with van der Waals surface area (Å²) < 4.78 is 26.9. The molecular weight excluding hydrogens is 402 g/mol. The Balaban J connectivity index is 1.66. The number of hydrogen-bond acceptors (Lipinski definition) is 3. The van der Waals surface area contributed by atoms with Crippen LogP contribution in [0.25, 0.3) is 6.08 Å². The van der Waals surface area contributed by atoms with Crippen molar-refractivity contribution in [2.75, 3.05) is 5.75 Å². The zero-order valence-electron chi connectivity index (χ0n) is 16.4. The Hall–Kier alpha value is -2.73. The van der Waals surface area contributed by atoms with Crippen molar-refractivity contribution < 1.29 is 13.6 Å². The molecule has 152 valence electrons. The van der Waals surface area contributed by atoms with Crippen LogP contribution in [0.3, 0.4) is 0 Å². The Morgan fingerprint density at radius 2 is 1.70 bits per heavy atom. The summed E-state index contributed by atoms with van der Waals surface area (Å²) in [5, 5.41) is 0.702. The second-order valence-corrected chi connectivity index (χ2v) is 8.95. The van der Waals surface area contributed by atoms with Gasteiger partial charge in [0.25, 0.3) is 0 Å². The van der Waals surface area contributed by atoms with Crippen molar-refractivity contribution >= 4 is 28.9 Å². The number of carbonyl (C=O) groups excluding carboxylic acids is 1. The third kappa shape index (κ3) is 3.39. The van der Waals surface area contributed by atoms with E-state index in [4.69, 9.17) is 4.99 Å². The van der Waals surface area contributed by atoms with Gasteiger partial charge in [0.1, 0.15) is 11.6 Å². The maximum atomic E-state index is 13.6. The molecule has 0 saturated carbocycles. The molecule has 2 unspecified atom stereocenters. The molecule has 2 aliphatic heterocycles. The molecule has 5 rings (SSSR count). The van der Waals surface area contributed by atoms with Crippen LogP contribution in [0.5, 0.6) is 0 Å². The number of fused-ring (bicyclic) bond motifs is 1. The number of amides is 1. The highest BCUT2D eigenvalue weighted by Gasteiger charge is 2.43. The first-order valence-corrected chi connectivity index (χ1v) is 11.0. The summed E-state index contributed by atoms with van der Waals surface area (Å²) in [6, 6.07) is 12.6. The highest BCUT2D eigenvalue weighted by molar-refractivity contribution is 8.15. The Labute approximate surface area is 178 Å². The first-order chi connectivity index (χ1) is 14.5. The third-order valence-electron chi connectivity index (χ3n) is 5.74. The summed E-state index contributed by atoms with van der Waals surface area (Å²) in [6.07, 6.45) is 3.75. The predicted octanol–water partition coefficient (Wildman–Crippen LogP) is 5.72. The lowest BCUT2D eigenvalue weighted by Gasteiger charge is -2.39. The largest absolute Gasteiger partial charge is 0.279 e. The monoisotopic (exact) mass is 422 g/mol. The maximum absolute atomic E-state index is 13.6. The van der Waals surface area contributed by atoms with Gasteiger partial charge < -0.3 is 0 Å². The van der Waals surface area contributed by atoms with E-state index in [1.54, 1.807) is 29.2 Å². The van der Waals surface area contributed by atoms with E-state index >= 15 is 0 Å². The number of hydrogen-bond donors (Lipinski definition) is 0.